The van der Waals surface area contributed by atoms with E-state index in [1.807, 2.05) is 31.2 Å². The normalized spacial score (nSPS) is 14.4. The quantitative estimate of drug-likeness (QED) is 0.479. The monoisotopic (exact) mass is 469 g/mol. The predicted octanol–water partition coefficient (Wildman–Crippen LogP) is 3.85. The number of carboxylic acid groups (broad SMARTS) is 1. The number of nitrogen functional groups attached to an aromatic ring is 1. The van der Waals surface area contributed by atoms with Gasteiger partial charge in [-0.05, 0) is 50.3 Å². The van der Waals surface area contributed by atoms with E-state index in [0.717, 1.165) is 36.0 Å². The average molecular weight is 470 g/mol. The van der Waals surface area contributed by atoms with E-state index < -0.39 is 6.09 Å². The van der Waals surface area contributed by atoms with Crippen molar-refractivity contribution in [3.8, 4) is 17.0 Å². The minimum Gasteiger partial charge on any atom is -0.494 e. The number of carbonyl (C=O) groups excluding carboxylic acids is 1. The number of hydrogen-bond donors (Lipinski definition) is 3. The second-order valence-electron chi connectivity index (χ2n) is 8.00. The van der Waals surface area contributed by atoms with Crippen LogP contribution >= 0.6 is 11.3 Å². The van der Waals surface area contributed by atoms with Crippen LogP contribution in [0.5, 0.6) is 5.75 Å². The number of ether oxygens (including phenoxy) is 1. The molecule has 0 aliphatic carbocycles. The van der Waals surface area contributed by atoms with Crippen molar-refractivity contribution in [3.05, 3.63) is 35.2 Å². The summed E-state index contributed by atoms with van der Waals surface area (Å²) in [5.41, 5.74) is 7.45. The fourth-order valence-electron chi connectivity index (χ4n) is 4.01. The lowest BCUT2D eigenvalue weighted by molar-refractivity contribution is 0.0959. The number of nitrogens with one attached hydrogen (secondary N) is 1. The van der Waals surface area contributed by atoms with Crippen molar-refractivity contribution in [3.63, 3.8) is 0 Å². The number of rotatable bonds is 7. The molecule has 9 nitrogen and oxygen atoms in total. The summed E-state index contributed by atoms with van der Waals surface area (Å²) in [7, 11) is 0. The molecule has 1 aliphatic heterocycles. The molecule has 4 rings (SSSR count). The van der Waals surface area contributed by atoms with Crippen molar-refractivity contribution in [2.24, 2.45) is 5.92 Å². The Labute approximate surface area is 195 Å². The van der Waals surface area contributed by atoms with Crippen molar-refractivity contribution < 1.29 is 19.4 Å². The Morgan fingerprint density at radius 1 is 1.27 bits per heavy atom. The number of hydrogen-bond acceptors (Lipinski definition) is 7. The van der Waals surface area contributed by atoms with Gasteiger partial charge in [0.15, 0.2) is 0 Å². The maximum atomic E-state index is 12.3. The second kappa shape index (κ2) is 10.0. The zero-order valence-electron chi connectivity index (χ0n) is 18.4. The molecule has 0 saturated carbocycles. The van der Waals surface area contributed by atoms with Gasteiger partial charge in [-0.2, -0.15) is 0 Å². The first-order chi connectivity index (χ1) is 15.9. The van der Waals surface area contributed by atoms with Crippen LogP contribution in [-0.4, -0.2) is 58.2 Å². The number of likely N-dealkylation sites (tertiary alicyclic amines) is 1. The summed E-state index contributed by atoms with van der Waals surface area (Å²) in [4.78, 5) is 34.7. The van der Waals surface area contributed by atoms with Crippen molar-refractivity contribution in [1.29, 1.82) is 0 Å². The average Bonchev–Trinajstić information content (AvgIpc) is 3.23. The first-order valence-corrected chi connectivity index (χ1v) is 11.8. The number of nitrogens with zero attached hydrogens (tertiary/aromatic N) is 3. The Balaban J connectivity index is 1.46. The minimum absolute atomic E-state index is 0.142. The van der Waals surface area contributed by atoms with Crippen LogP contribution in [0.3, 0.4) is 0 Å². The number of piperidine rings is 1. The van der Waals surface area contributed by atoms with Gasteiger partial charge in [-0.25, -0.2) is 14.8 Å². The van der Waals surface area contributed by atoms with E-state index in [2.05, 4.69) is 15.3 Å². The third-order valence-corrected chi connectivity index (χ3v) is 6.79. The molecule has 0 unspecified atom stereocenters. The van der Waals surface area contributed by atoms with Crippen molar-refractivity contribution in [1.82, 2.24) is 20.2 Å². The Bertz CT molecular complexity index is 1160. The van der Waals surface area contributed by atoms with Gasteiger partial charge in [0.25, 0.3) is 5.91 Å². The van der Waals surface area contributed by atoms with Gasteiger partial charge in [-0.15, -0.1) is 11.3 Å². The third kappa shape index (κ3) is 5.33. The van der Waals surface area contributed by atoms with Gasteiger partial charge < -0.3 is 25.8 Å². The number of nitrogens with two attached hydrogens (primary N) is 1. The van der Waals surface area contributed by atoms with Crippen molar-refractivity contribution in [2.75, 3.05) is 32.0 Å². The van der Waals surface area contributed by atoms with Crippen molar-refractivity contribution in [2.45, 2.75) is 26.2 Å². The van der Waals surface area contributed by atoms with Gasteiger partial charge in [-0.3, -0.25) is 4.79 Å². The zero-order chi connectivity index (χ0) is 23.4. The number of aromatic nitrogens is 2. The number of anilines is 1. The van der Waals surface area contributed by atoms with E-state index >= 15 is 0 Å². The standard InChI is InChI=1S/C23H27N5O4S/c1-2-25-20(29)18-13-17-19(26-22(24)27-21(17)33-18)15-4-3-5-16(12-15)32-11-8-14-6-9-28(10-7-14)23(30)31/h3-5,12-14H,2,6-11H2,1H3,(H,25,29)(H,30,31)(H2,24,26,27). The van der Waals surface area contributed by atoms with E-state index in [1.165, 1.54) is 16.2 Å². The third-order valence-electron chi connectivity index (χ3n) is 5.76. The largest absolute Gasteiger partial charge is 0.494 e. The zero-order valence-corrected chi connectivity index (χ0v) is 19.2. The highest BCUT2D eigenvalue weighted by molar-refractivity contribution is 7.20. The molecule has 0 atom stereocenters. The number of fused-ring (bicyclic) bond motifs is 1. The van der Waals surface area contributed by atoms with E-state index in [-0.39, 0.29) is 11.9 Å². The van der Waals surface area contributed by atoms with Crippen LogP contribution in [0.4, 0.5) is 10.7 Å². The van der Waals surface area contributed by atoms with Crippen LogP contribution < -0.4 is 15.8 Å². The molecule has 1 fully saturated rings. The van der Waals surface area contributed by atoms with Crippen LogP contribution in [0.1, 0.15) is 35.9 Å². The molecule has 1 aromatic carbocycles. The number of thiophene rings is 1. The highest BCUT2D eigenvalue weighted by Gasteiger charge is 2.22. The summed E-state index contributed by atoms with van der Waals surface area (Å²) in [6.45, 7) is 4.14. The first kappa shape index (κ1) is 22.8. The molecular formula is C23H27N5O4S. The molecule has 33 heavy (non-hydrogen) atoms. The molecule has 0 spiro atoms. The summed E-state index contributed by atoms with van der Waals surface area (Å²) in [5.74, 6) is 1.20. The molecule has 0 bridgehead atoms. The molecule has 3 heterocycles. The fraction of sp³-hybridized carbons (Fsp3) is 0.391. The Kier molecular flexibility index (Phi) is 6.93. The van der Waals surface area contributed by atoms with Crippen LogP contribution in [0.15, 0.2) is 30.3 Å². The topological polar surface area (TPSA) is 131 Å². The van der Waals surface area contributed by atoms with Crippen LogP contribution in [0.2, 0.25) is 0 Å². The second-order valence-corrected chi connectivity index (χ2v) is 9.03. The summed E-state index contributed by atoms with van der Waals surface area (Å²) >= 11 is 1.29. The maximum absolute atomic E-state index is 12.3. The Morgan fingerprint density at radius 3 is 2.79 bits per heavy atom. The molecule has 0 radical (unpaired) electrons. The van der Waals surface area contributed by atoms with Gasteiger partial charge in [0.1, 0.15) is 10.6 Å². The molecule has 3 aromatic rings. The van der Waals surface area contributed by atoms with Gasteiger partial charge in [0.2, 0.25) is 5.95 Å². The molecule has 1 aliphatic rings. The van der Waals surface area contributed by atoms with Gasteiger partial charge >= 0.3 is 6.09 Å². The van der Waals surface area contributed by atoms with E-state index in [4.69, 9.17) is 15.6 Å². The minimum atomic E-state index is -0.843. The number of benzene rings is 1. The maximum Gasteiger partial charge on any atom is 0.407 e. The molecule has 1 saturated heterocycles. The van der Waals surface area contributed by atoms with E-state index in [0.29, 0.717) is 47.6 Å². The van der Waals surface area contributed by atoms with Gasteiger partial charge in [-0.1, -0.05) is 12.1 Å². The van der Waals surface area contributed by atoms with E-state index in [9.17, 15) is 9.59 Å². The SMILES string of the molecule is CCNC(=O)c1cc2c(-c3cccc(OCCC4CCN(C(=O)O)CC4)c3)nc(N)nc2s1. The van der Waals surface area contributed by atoms with Crippen LogP contribution in [0.25, 0.3) is 21.5 Å². The summed E-state index contributed by atoms with van der Waals surface area (Å²) in [5, 5.41) is 12.6. The molecule has 174 valence electrons. The summed E-state index contributed by atoms with van der Waals surface area (Å²) in [6, 6.07) is 9.44. The lowest BCUT2D eigenvalue weighted by Gasteiger charge is -2.29. The van der Waals surface area contributed by atoms with Gasteiger partial charge in [0.05, 0.1) is 17.2 Å². The predicted molar refractivity (Wildman–Crippen MR) is 128 cm³/mol. The number of amides is 2. The molecule has 4 N–H and O–H groups in total. The Morgan fingerprint density at radius 2 is 2.06 bits per heavy atom. The highest BCUT2D eigenvalue weighted by Crippen LogP contribution is 2.34. The summed E-state index contributed by atoms with van der Waals surface area (Å²) in [6.07, 6.45) is 1.76. The molecule has 10 heteroatoms. The molecule has 2 aromatic heterocycles. The lowest BCUT2D eigenvalue weighted by Crippen LogP contribution is -2.37. The molecule has 2 amide bonds. The molecular weight excluding hydrogens is 442 g/mol. The van der Waals surface area contributed by atoms with Crippen LogP contribution in [-0.2, 0) is 0 Å². The number of carbonyl (C=O) groups is 2. The lowest BCUT2D eigenvalue weighted by atomic mass is 9.94. The first-order valence-electron chi connectivity index (χ1n) is 11.0. The smallest absolute Gasteiger partial charge is 0.407 e. The van der Waals surface area contributed by atoms with E-state index in [1.54, 1.807) is 6.07 Å². The van der Waals surface area contributed by atoms with Crippen molar-refractivity contribution >= 4 is 39.5 Å². The van der Waals surface area contributed by atoms with Crippen LogP contribution in [0, 0.1) is 5.92 Å². The van der Waals surface area contributed by atoms with Gasteiger partial charge in [0, 0.05) is 30.6 Å². The fourth-order valence-corrected chi connectivity index (χ4v) is 4.96. The highest BCUT2D eigenvalue weighted by atomic mass is 32.1. The Hall–Kier alpha value is -3.40. The summed E-state index contributed by atoms with van der Waals surface area (Å²) < 4.78 is 6.00.